The van der Waals surface area contributed by atoms with Crippen molar-refractivity contribution in [2.75, 3.05) is 0 Å². The number of hydrogen-bond acceptors (Lipinski definition) is 2. The summed E-state index contributed by atoms with van der Waals surface area (Å²) in [5, 5.41) is 8.91. The minimum atomic E-state index is -0.885. The summed E-state index contributed by atoms with van der Waals surface area (Å²) in [7, 11) is 0. The molecule has 0 spiro atoms. The molecule has 76 valence electrons. The highest BCUT2D eigenvalue weighted by molar-refractivity contribution is 5.89. The van der Waals surface area contributed by atoms with Crippen molar-refractivity contribution in [3.05, 3.63) is 35.4 Å². The first kappa shape index (κ1) is 10.7. The van der Waals surface area contributed by atoms with Crippen LogP contribution in [-0.4, -0.2) is 17.1 Å². The zero-order valence-electron chi connectivity index (χ0n) is 8.23. The van der Waals surface area contributed by atoms with E-state index in [2.05, 4.69) is 0 Å². The first-order chi connectivity index (χ1) is 6.65. The van der Waals surface area contributed by atoms with Gasteiger partial charge < -0.3 is 10.8 Å². The molecule has 0 saturated carbocycles. The van der Waals surface area contributed by atoms with E-state index in [1.807, 2.05) is 19.1 Å². The summed E-state index contributed by atoms with van der Waals surface area (Å²) in [6, 6.07) is 7.03. The molecule has 3 N–H and O–H groups in total. The molecule has 0 bridgehead atoms. The monoisotopic (exact) mass is 193 g/mol. The standard InChI is InChI=1S/C11H15NO2/c1-2-9(12)7-8-5-3-4-6-10(8)11(13)14/h3-6,9H,2,7,12H2,1H3,(H,13,14). The molecule has 0 saturated heterocycles. The predicted molar refractivity (Wildman–Crippen MR) is 55.4 cm³/mol. The molecule has 0 heterocycles. The van der Waals surface area contributed by atoms with E-state index in [4.69, 9.17) is 10.8 Å². The lowest BCUT2D eigenvalue weighted by Gasteiger charge is -2.10. The number of rotatable bonds is 4. The fourth-order valence-corrected chi connectivity index (χ4v) is 1.33. The predicted octanol–water partition coefficient (Wildman–Crippen LogP) is 1.66. The van der Waals surface area contributed by atoms with E-state index in [1.54, 1.807) is 12.1 Å². The summed E-state index contributed by atoms with van der Waals surface area (Å²) < 4.78 is 0. The molecular formula is C11H15NO2. The summed E-state index contributed by atoms with van der Waals surface area (Å²) >= 11 is 0. The van der Waals surface area contributed by atoms with Crippen LogP contribution in [0.2, 0.25) is 0 Å². The third-order valence-corrected chi connectivity index (χ3v) is 2.25. The van der Waals surface area contributed by atoms with Gasteiger partial charge in [-0.1, -0.05) is 25.1 Å². The minimum absolute atomic E-state index is 0.0375. The third-order valence-electron chi connectivity index (χ3n) is 2.25. The van der Waals surface area contributed by atoms with E-state index in [0.717, 1.165) is 12.0 Å². The molecule has 1 aromatic carbocycles. The highest BCUT2D eigenvalue weighted by atomic mass is 16.4. The van der Waals surface area contributed by atoms with E-state index in [0.29, 0.717) is 12.0 Å². The molecule has 1 unspecified atom stereocenters. The molecule has 1 aromatic rings. The molecule has 0 aliphatic heterocycles. The van der Waals surface area contributed by atoms with Crippen molar-refractivity contribution in [3.8, 4) is 0 Å². The van der Waals surface area contributed by atoms with Gasteiger partial charge in [0.25, 0.3) is 0 Å². The van der Waals surface area contributed by atoms with Gasteiger partial charge in [-0.2, -0.15) is 0 Å². The highest BCUT2D eigenvalue weighted by Gasteiger charge is 2.10. The molecule has 0 fully saturated rings. The van der Waals surface area contributed by atoms with Crippen LogP contribution < -0.4 is 5.73 Å². The number of benzene rings is 1. The molecule has 0 aliphatic carbocycles. The van der Waals surface area contributed by atoms with Crippen molar-refractivity contribution < 1.29 is 9.90 Å². The second-order valence-corrected chi connectivity index (χ2v) is 3.33. The zero-order valence-corrected chi connectivity index (χ0v) is 8.23. The fourth-order valence-electron chi connectivity index (χ4n) is 1.33. The van der Waals surface area contributed by atoms with Crippen LogP contribution in [-0.2, 0) is 6.42 Å². The second kappa shape index (κ2) is 4.77. The molecule has 3 heteroatoms. The Labute approximate surface area is 83.6 Å². The molecule has 14 heavy (non-hydrogen) atoms. The summed E-state index contributed by atoms with van der Waals surface area (Å²) in [5.41, 5.74) is 6.95. The lowest BCUT2D eigenvalue weighted by molar-refractivity contribution is 0.0695. The minimum Gasteiger partial charge on any atom is -0.478 e. The number of carboxylic acids is 1. The number of carbonyl (C=O) groups is 1. The second-order valence-electron chi connectivity index (χ2n) is 3.33. The summed E-state index contributed by atoms with van der Waals surface area (Å²) in [6.45, 7) is 1.99. The van der Waals surface area contributed by atoms with Gasteiger partial charge in [-0.15, -0.1) is 0 Å². The molecule has 3 nitrogen and oxygen atoms in total. The number of aromatic carboxylic acids is 1. The van der Waals surface area contributed by atoms with Crippen LogP contribution >= 0.6 is 0 Å². The maximum atomic E-state index is 10.9. The van der Waals surface area contributed by atoms with Gasteiger partial charge in [-0.3, -0.25) is 0 Å². The quantitative estimate of drug-likeness (QED) is 0.764. The maximum Gasteiger partial charge on any atom is 0.335 e. The molecule has 0 amide bonds. The first-order valence-electron chi connectivity index (χ1n) is 4.72. The summed E-state index contributed by atoms with van der Waals surface area (Å²) in [4.78, 5) is 10.9. The normalized spacial score (nSPS) is 12.4. The van der Waals surface area contributed by atoms with E-state index in [-0.39, 0.29) is 6.04 Å². The Morgan fingerprint density at radius 3 is 2.71 bits per heavy atom. The van der Waals surface area contributed by atoms with Gasteiger partial charge in [0.2, 0.25) is 0 Å². The van der Waals surface area contributed by atoms with Crippen molar-refractivity contribution in [3.63, 3.8) is 0 Å². The van der Waals surface area contributed by atoms with Crippen LogP contribution in [0.5, 0.6) is 0 Å². The number of nitrogens with two attached hydrogens (primary N) is 1. The van der Waals surface area contributed by atoms with Gasteiger partial charge in [0.05, 0.1) is 5.56 Å². The lowest BCUT2D eigenvalue weighted by Crippen LogP contribution is -2.22. The van der Waals surface area contributed by atoms with Gasteiger partial charge >= 0.3 is 5.97 Å². The van der Waals surface area contributed by atoms with E-state index < -0.39 is 5.97 Å². The van der Waals surface area contributed by atoms with Crippen molar-refractivity contribution in [2.24, 2.45) is 5.73 Å². The first-order valence-corrected chi connectivity index (χ1v) is 4.72. The van der Waals surface area contributed by atoms with Crippen LogP contribution in [0.3, 0.4) is 0 Å². The van der Waals surface area contributed by atoms with Crippen molar-refractivity contribution in [1.29, 1.82) is 0 Å². The Hall–Kier alpha value is -1.35. The number of hydrogen-bond donors (Lipinski definition) is 2. The Bertz CT molecular complexity index is 323. The molecule has 0 radical (unpaired) electrons. The Kier molecular flexibility index (Phi) is 3.65. The Morgan fingerprint density at radius 1 is 1.50 bits per heavy atom. The Morgan fingerprint density at radius 2 is 2.14 bits per heavy atom. The van der Waals surface area contributed by atoms with E-state index in [9.17, 15) is 4.79 Å². The van der Waals surface area contributed by atoms with E-state index in [1.165, 1.54) is 0 Å². The maximum absolute atomic E-state index is 10.9. The van der Waals surface area contributed by atoms with Crippen molar-refractivity contribution >= 4 is 5.97 Å². The van der Waals surface area contributed by atoms with Gasteiger partial charge in [-0.25, -0.2) is 4.79 Å². The zero-order chi connectivity index (χ0) is 10.6. The molecule has 1 atom stereocenters. The van der Waals surface area contributed by atoms with Crippen LogP contribution in [0, 0.1) is 0 Å². The van der Waals surface area contributed by atoms with Gasteiger partial charge in [0.15, 0.2) is 0 Å². The van der Waals surface area contributed by atoms with Gasteiger partial charge in [-0.05, 0) is 24.5 Å². The van der Waals surface area contributed by atoms with Crippen LogP contribution in [0.4, 0.5) is 0 Å². The molecule has 1 rings (SSSR count). The van der Waals surface area contributed by atoms with Gasteiger partial charge in [0.1, 0.15) is 0 Å². The topological polar surface area (TPSA) is 63.3 Å². The SMILES string of the molecule is CCC(N)Cc1ccccc1C(=O)O. The van der Waals surface area contributed by atoms with Crippen molar-refractivity contribution in [1.82, 2.24) is 0 Å². The van der Waals surface area contributed by atoms with Crippen molar-refractivity contribution in [2.45, 2.75) is 25.8 Å². The molecular weight excluding hydrogens is 178 g/mol. The Balaban J connectivity index is 2.90. The van der Waals surface area contributed by atoms with Crippen LogP contribution in [0.1, 0.15) is 29.3 Å². The smallest absolute Gasteiger partial charge is 0.335 e. The lowest BCUT2D eigenvalue weighted by atomic mass is 9.99. The van der Waals surface area contributed by atoms with Crippen LogP contribution in [0.15, 0.2) is 24.3 Å². The van der Waals surface area contributed by atoms with Gasteiger partial charge in [0, 0.05) is 6.04 Å². The molecule has 0 aromatic heterocycles. The average molecular weight is 193 g/mol. The summed E-state index contributed by atoms with van der Waals surface area (Å²) in [5.74, 6) is -0.885. The highest BCUT2D eigenvalue weighted by Crippen LogP contribution is 2.11. The van der Waals surface area contributed by atoms with Crippen LogP contribution in [0.25, 0.3) is 0 Å². The summed E-state index contributed by atoms with van der Waals surface area (Å²) in [6.07, 6.45) is 1.48. The largest absolute Gasteiger partial charge is 0.478 e. The molecule has 0 aliphatic rings. The number of carboxylic acid groups (broad SMARTS) is 1. The third kappa shape index (κ3) is 2.57. The fraction of sp³-hybridized carbons (Fsp3) is 0.364. The van der Waals surface area contributed by atoms with E-state index >= 15 is 0 Å². The average Bonchev–Trinajstić information content (AvgIpc) is 2.18.